The molecule has 1 aromatic carbocycles. The molecule has 1 fully saturated rings. The molecule has 0 amide bonds. The van der Waals surface area contributed by atoms with Gasteiger partial charge in [0, 0.05) is 34.9 Å². The van der Waals surface area contributed by atoms with Crippen molar-refractivity contribution in [3.05, 3.63) is 28.2 Å². The summed E-state index contributed by atoms with van der Waals surface area (Å²) in [5.41, 5.74) is 8.17. The van der Waals surface area contributed by atoms with Crippen LogP contribution in [0.2, 0.25) is 0 Å². The van der Waals surface area contributed by atoms with Gasteiger partial charge in [0.25, 0.3) is 0 Å². The van der Waals surface area contributed by atoms with Crippen LogP contribution in [0.1, 0.15) is 18.4 Å². The molecule has 1 aromatic rings. The average molecular weight is 312 g/mol. The van der Waals surface area contributed by atoms with Gasteiger partial charge < -0.3 is 10.6 Å². The number of piperidine rings is 1. The van der Waals surface area contributed by atoms with E-state index in [4.69, 9.17) is 5.73 Å². The molecule has 1 heterocycles. The van der Waals surface area contributed by atoms with E-state index < -0.39 is 0 Å². The van der Waals surface area contributed by atoms with E-state index in [9.17, 15) is 0 Å². The molecule has 2 N–H and O–H groups in total. The Morgan fingerprint density at radius 1 is 1.44 bits per heavy atom. The molecule has 1 aliphatic rings. The van der Waals surface area contributed by atoms with E-state index in [0.29, 0.717) is 6.04 Å². The molecule has 18 heavy (non-hydrogen) atoms. The van der Waals surface area contributed by atoms with E-state index in [1.165, 1.54) is 24.9 Å². The number of anilines is 1. The van der Waals surface area contributed by atoms with Crippen molar-refractivity contribution in [3.63, 3.8) is 0 Å². The highest BCUT2D eigenvalue weighted by molar-refractivity contribution is 9.10. The quantitative estimate of drug-likeness (QED) is 0.871. The van der Waals surface area contributed by atoms with Gasteiger partial charge in [-0.25, -0.2) is 0 Å². The number of likely N-dealkylation sites (N-methyl/N-ethyl adjacent to an activating group) is 1. The topological polar surface area (TPSA) is 32.5 Å². The number of hydrogen-bond donors (Lipinski definition) is 1. The SMILES string of the molecule is CN(C)C1CCCN(Cc2c(N)cccc2Br)C1. The number of rotatable bonds is 3. The number of nitrogen functional groups attached to an aromatic ring is 1. The predicted molar refractivity (Wildman–Crippen MR) is 80.5 cm³/mol. The van der Waals surface area contributed by atoms with Crippen molar-refractivity contribution < 1.29 is 0 Å². The van der Waals surface area contributed by atoms with E-state index >= 15 is 0 Å². The van der Waals surface area contributed by atoms with E-state index in [-0.39, 0.29) is 0 Å². The first-order chi connectivity index (χ1) is 8.58. The largest absolute Gasteiger partial charge is 0.398 e. The predicted octanol–water partition coefficient (Wildman–Crippen LogP) is 2.56. The number of nitrogens with two attached hydrogens (primary N) is 1. The van der Waals surface area contributed by atoms with Crippen molar-refractivity contribution >= 4 is 21.6 Å². The maximum Gasteiger partial charge on any atom is 0.0371 e. The second kappa shape index (κ2) is 6.04. The molecule has 0 aromatic heterocycles. The zero-order valence-corrected chi connectivity index (χ0v) is 12.8. The van der Waals surface area contributed by atoms with Gasteiger partial charge in [0.05, 0.1) is 0 Å². The van der Waals surface area contributed by atoms with Crippen LogP contribution in [-0.2, 0) is 6.54 Å². The normalized spacial score (nSPS) is 21.4. The minimum Gasteiger partial charge on any atom is -0.398 e. The third-order valence-electron chi connectivity index (χ3n) is 3.75. The Morgan fingerprint density at radius 3 is 2.89 bits per heavy atom. The first kappa shape index (κ1) is 13.8. The van der Waals surface area contributed by atoms with E-state index in [0.717, 1.165) is 23.2 Å². The van der Waals surface area contributed by atoms with Gasteiger partial charge in [0.2, 0.25) is 0 Å². The Kier molecular flexibility index (Phi) is 4.65. The molecule has 1 aliphatic heterocycles. The molecule has 0 saturated carbocycles. The Balaban J connectivity index is 2.05. The Morgan fingerprint density at radius 2 is 2.22 bits per heavy atom. The molecule has 100 valence electrons. The molecule has 1 saturated heterocycles. The van der Waals surface area contributed by atoms with Crippen LogP contribution in [0.25, 0.3) is 0 Å². The van der Waals surface area contributed by atoms with Crippen molar-refractivity contribution in [1.29, 1.82) is 0 Å². The van der Waals surface area contributed by atoms with E-state index in [1.54, 1.807) is 0 Å². The molecule has 0 aliphatic carbocycles. The standard InChI is InChI=1S/C14H22BrN3/c1-17(2)11-5-4-8-18(9-11)10-12-13(15)6-3-7-14(12)16/h3,6-7,11H,4-5,8-10,16H2,1-2H3. The second-order valence-electron chi connectivity index (χ2n) is 5.30. The third kappa shape index (κ3) is 3.25. The van der Waals surface area contributed by atoms with Gasteiger partial charge in [-0.2, -0.15) is 0 Å². The minimum atomic E-state index is 0.669. The van der Waals surface area contributed by atoms with Gasteiger partial charge >= 0.3 is 0 Å². The first-order valence-electron chi connectivity index (χ1n) is 6.49. The summed E-state index contributed by atoms with van der Waals surface area (Å²) in [6.07, 6.45) is 2.57. The number of benzene rings is 1. The Labute approximate surface area is 118 Å². The lowest BCUT2D eigenvalue weighted by atomic mass is 10.0. The molecule has 0 radical (unpaired) electrons. The van der Waals surface area contributed by atoms with Crippen LogP contribution in [0, 0.1) is 0 Å². The molecule has 1 atom stereocenters. The molecular weight excluding hydrogens is 290 g/mol. The van der Waals surface area contributed by atoms with Crippen LogP contribution in [0.3, 0.4) is 0 Å². The lowest BCUT2D eigenvalue weighted by Gasteiger charge is -2.36. The van der Waals surface area contributed by atoms with Crippen molar-refractivity contribution in [2.75, 3.05) is 32.9 Å². The van der Waals surface area contributed by atoms with Crippen LogP contribution in [0.5, 0.6) is 0 Å². The number of nitrogens with zero attached hydrogens (tertiary/aromatic N) is 2. The summed E-state index contributed by atoms with van der Waals surface area (Å²) in [4.78, 5) is 4.83. The summed E-state index contributed by atoms with van der Waals surface area (Å²) < 4.78 is 1.12. The van der Waals surface area contributed by atoms with Gasteiger partial charge in [0.15, 0.2) is 0 Å². The minimum absolute atomic E-state index is 0.669. The van der Waals surface area contributed by atoms with Gasteiger partial charge in [0.1, 0.15) is 0 Å². The summed E-state index contributed by atoms with van der Waals surface area (Å²) in [5.74, 6) is 0. The van der Waals surface area contributed by atoms with Crippen LogP contribution in [0.4, 0.5) is 5.69 Å². The molecule has 4 heteroatoms. The lowest BCUT2D eigenvalue weighted by molar-refractivity contribution is 0.128. The van der Waals surface area contributed by atoms with Gasteiger partial charge in [-0.1, -0.05) is 22.0 Å². The van der Waals surface area contributed by atoms with Crippen LogP contribution < -0.4 is 5.73 Å². The highest BCUT2D eigenvalue weighted by atomic mass is 79.9. The van der Waals surface area contributed by atoms with Crippen LogP contribution in [-0.4, -0.2) is 43.0 Å². The monoisotopic (exact) mass is 311 g/mol. The van der Waals surface area contributed by atoms with Crippen molar-refractivity contribution in [3.8, 4) is 0 Å². The highest BCUT2D eigenvalue weighted by Crippen LogP contribution is 2.25. The third-order valence-corrected chi connectivity index (χ3v) is 4.49. The summed E-state index contributed by atoms with van der Waals surface area (Å²) >= 11 is 3.60. The molecule has 3 nitrogen and oxygen atoms in total. The van der Waals surface area contributed by atoms with Gasteiger partial charge in [-0.05, 0) is 45.6 Å². The van der Waals surface area contributed by atoms with Crippen molar-refractivity contribution in [1.82, 2.24) is 9.80 Å². The highest BCUT2D eigenvalue weighted by Gasteiger charge is 2.22. The number of halogens is 1. The van der Waals surface area contributed by atoms with Crippen molar-refractivity contribution in [2.24, 2.45) is 0 Å². The summed E-state index contributed by atoms with van der Waals surface area (Å²) in [7, 11) is 4.34. The van der Waals surface area contributed by atoms with Gasteiger partial charge in [-0.15, -0.1) is 0 Å². The molecule has 0 bridgehead atoms. The summed E-state index contributed by atoms with van der Waals surface area (Å²) in [6.45, 7) is 3.25. The molecule has 2 rings (SSSR count). The number of hydrogen-bond acceptors (Lipinski definition) is 3. The van der Waals surface area contributed by atoms with Crippen molar-refractivity contribution in [2.45, 2.75) is 25.4 Å². The van der Waals surface area contributed by atoms with E-state index in [2.05, 4.69) is 45.9 Å². The Bertz CT molecular complexity index is 386. The zero-order valence-electron chi connectivity index (χ0n) is 11.2. The van der Waals surface area contributed by atoms with Crippen LogP contribution in [0.15, 0.2) is 22.7 Å². The fraction of sp³-hybridized carbons (Fsp3) is 0.571. The lowest BCUT2D eigenvalue weighted by Crippen LogP contribution is -2.44. The molecule has 1 unspecified atom stereocenters. The van der Waals surface area contributed by atoms with E-state index in [1.807, 2.05) is 12.1 Å². The Hall–Kier alpha value is -0.580. The average Bonchev–Trinajstić information content (AvgIpc) is 2.34. The first-order valence-corrected chi connectivity index (χ1v) is 7.29. The number of likely N-dealkylation sites (tertiary alicyclic amines) is 1. The van der Waals surface area contributed by atoms with Crippen LogP contribution >= 0.6 is 15.9 Å². The molecule has 0 spiro atoms. The molecular formula is C14H22BrN3. The summed E-state index contributed by atoms with van der Waals surface area (Å²) in [5, 5.41) is 0. The fourth-order valence-electron chi connectivity index (χ4n) is 2.56. The fourth-order valence-corrected chi connectivity index (χ4v) is 3.07. The van der Waals surface area contributed by atoms with Gasteiger partial charge in [-0.3, -0.25) is 4.90 Å². The summed E-state index contributed by atoms with van der Waals surface area (Å²) in [6, 6.07) is 6.70. The maximum absolute atomic E-state index is 6.07. The second-order valence-corrected chi connectivity index (χ2v) is 6.16. The maximum atomic E-state index is 6.07. The smallest absolute Gasteiger partial charge is 0.0371 e. The zero-order chi connectivity index (χ0) is 13.1.